The van der Waals surface area contributed by atoms with Gasteiger partial charge >= 0.3 is 5.97 Å². The summed E-state index contributed by atoms with van der Waals surface area (Å²) in [5, 5.41) is 7.45. The van der Waals surface area contributed by atoms with Crippen LogP contribution in [0.5, 0.6) is 11.5 Å². The molecule has 9 nitrogen and oxygen atoms in total. The van der Waals surface area contributed by atoms with Crippen LogP contribution in [0.25, 0.3) is 5.95 Å². The van der Waals surface area contributed by atoms with Crippen LogP contribution < -0.4 is 14.8 Å². The summed E-state index contributed by atoms with van der Waals surface area (Å²) < 4.78 is 18.9. The van der Waals surface area contributed by atoms with Crippen molar-refractivity contribution < 1.29 is 19.0 Å². The predicted octanol–water partition coefficient (Wildman–Crippen LogP) is 3.93. The molecule has 0 bridgehead atoms. The van der Waals surface area contributed by atoms with Crippen LogP contribution in [0.15, 0.2) is 36.8 Å². The Labute approximate surface area is 179 Å². The van der Waals surface area contributed by atoms with Crippen LogP contribution in [-0.4, -0.2) is 38.1 Å². The third kappa shape index (κ3) is 3.67. The molecular weight excluding hydrogens is 398 g/mol. The summed E-state index contributed by atoms with van der Waals surface area (Å²) in [7, 11) is 0. The minimum absolute atomic E-state index is 0.236. The molecule has 1 aliphatic heterocycles. The first-order chi connectivity index (χ1) is 15.0. The van der Waals surface area contributed by atoms with Crippen molar-refractivity contribution >= 4 is 17.5 Å². The van der Waals surface area contributed by atoms with E-state index in [0.717, 1.165) is 37.0 Å². The Balaban J connectivity index is 1.47. The van der Waals surface area contributed by atoms with Crippen molar-refractivity contribution in [3.8, 4) is 17.4 Å². The Hall–Kier alpha value is -3.62. The Morgan fingerprint density at radius 3 is 2.77 bits per heavy atom. The first kappa shape index (κ1) is 19.3. The topological polar surface area (TPSA) is 100 Å². The van der Waals surface area contributed by atoms with Crippen LogP contribution in [0.3, 0.4) is 0 Å². The molecule has 1 aliphatic carbocycles. The molecule has 2 aliphatic rings. The minimum atomic E-state index is -0.531. The van der Waals surface area contributed by atoms with Gasteiger partial charge in [-0.05, 0) is 44.4 Å². The van der Waals surface area contributed by atoms with Gasteiger partial charge in [0.05, 0.1) is 12.8 Å². The number of carbonyl (C=O) groups excluding carboxylic acids is 1. The number of anilines is 2. The second-order valence-electron chi connectivity index (χ2n) is 7.72. The molecule has 2 aromatic heterocycles. The maximum Gasteiger partial charge on any atom is 0.343 e. The van der Waals surface area contributed by atoms with Gasteiger partial charge in [-0.2, -0.15) is 10.1 Å². The van der Waals surface area contributed by atoms with Crippen LogP contribution in [0.2, 0.25) is 0 Å². The molecule has 0 unspecified atom stereocenters. The zero-order chi connectivity index (χ0) is 21.4. The monoisotopic (exact) mass is 421 g/mol. The standard InChI is InChI=1S/C22H23N5O4/c1-3-29-20(28)16-12-23-21(27-13-14(2)11-24-27)26-19(16)25-15-6-7-17-18(10-15)31-22(30-17)8-4-5-9-22/h6-7,10-13H,3-5,8-9H2,1-2H3,(H,23,25,26). The van der Waals surface area contributed by atoms with E-state index in [1.54, 1.807) is 17.8 Å². The van der Waals surface area contributed by atoms with Crippen molar-refractivity contribution in [1.29, 1.82) is 0 Å². The van der Waals surface area contributed by atoms with E-state index >= 15 is 0 Å². The number of fused-ring (bicyclic) bond motifs is 1. The van der Waals surface area contributed by atoms with Crippen LogP contribution in [0.1, 0.15) is 48.5 Å². The van der Waals surface area contributed by atoms with Crippen molar-refractivity contribution in [2.24, 2.45) is 0 Å². The van der Waals surface area contributed by atoms with Gasteiger partial charge < -0.3 is 19.5 Å². The van der Waals surface area contributed by atoms with E-state index in [-0.39, 0.29) is 12.2 Å². The predicted molar refractivity (Wildman–Crippen MR) is 112 cm³/mol. The summed E-state index contributed by atoms with van der Waals surface area (Å²) in [5.74, 6) is 1.05. The summed E-state index contributed by atoms with van der Waals surface area (Å²) in [6.07, 6.45) is 8.93. The van der Waals surface area contributed by atoms with E-state index < -0.39 is 11.8 Å². The number of carbonyl (C=O) groups is 1. The lowest BCUT2D eigenvalue weighted by molar-refractivity contribution is -0.0716. The van der Waals surface area contributed by atoms with Crippen LogP contribution >= 0.6 is 0 Å². The molecule has 0 atom stereocenters. The zero-order valence-corrected chi connectivity index (χ0v) is 17.4. The van der Waals surface area contributed by atoms with Gasteiger partial charge in [0, 0.05) is 37.0 Å². The third-order valence-corrected chi connectivity index (χ3v) is 5.35. The summed E-state index contributed by atoms with van der Waals surface area (Å²) in [5.41, 5.74) is 1.92. The highest BCUT2D eigenvalue weighted by Gasteiger charge is 2.44. The molecule has 160 valence electrons. The maximum absolute atomic E-state index is 12.5. The summed E-state index contributed by atoms with van der Waals surface area (Å²) >= 11 is 0. The van der Waals surface area contributed by atoms with Gasteiger partial charge in [-0.3, -0.25) is 0 Å². The average Bonchev–Trinajstić information content (AvgIpc) is 3.48. The minimum Gasteiger partial charge on any atom is -0.462 e. The van der Waals surface area contributed by atoms with E-state index in [2.05, 4.69) is 20.4 Å². The molecule has 9 heteroatoms. The molecule has 1 spiro atoms. The number of nitrogens with zero attached hydrogens (tertiary/aromatic N) is 4. The number of hydrogen-bond donors (Lipinski definition) is 1. The Kier molecular flexibility index (Phi) is 4.72. The quantitative estimate of drug-likeness (QED) is 0.619. The second kappa shape index (κ2) is 7.57. The summed E-state index contributed by atoms with van der Waals surface area (Å²) in [4.78, 5) is 21.3. The van der Waals surface area contributed by atoms with Crippen molar-refractivity contribution in [3.05, 3.63) is 47.9 Å². The molecule has 0 amide bonds. The van der Waals surface area contributed by atoms with Gasteiger partial charge in [-0.25, -0.2) is 14.5 Å². The highest BCUT2D eigenvalue weighted by atomic mass is 16.7. The highest BCUT2D eigenvalue weighted by Crippen LogP contribution is 2.47. The number of rotatable bonds is 5. The fourth-order valence-electron chi connectivity index (χ4n) is 3.88. The lowest BCUT2D eigenvalue weighted by Gasteiger charge is -2.21. The van der Waals surface area contributed by atoms with Crippen molar-refractivity contribution in [2.75, 3.05) is 11.9 Å². The molecule has 31 heavy (non-hydrogen) atoms. The number of esters is 1. The van der Waals surface area contributed by atoms with Crippen LogP contribution in [0, 0.1) is 6.92 Å². The number of hydrogen-bond acceptors (Lipinski definition) is 8. The van der Waals surface area contributed by atoms with Gasteiger partial charge in [-0.1, -0.05) is 0 Å². The number of ether oxygens (including phenoxy) is 3. The fraction of sp³-hybridized carbons (Fsp3) is 0.364. The van der Waals surface area contributed by atoms with Crippen molar-refractivity contribution in [3.63, 3.8) is 0 Å². The normalized spacial score (nSPS) is 15.9. The number of aryl methyl sites for hydroxylation is 1. The van der Waals surface area contributed by atoms with Crippen LogP contribution in [-0.2, 0) is 4.74 Å². The molecule has 1 aromatic carbocycles. The Morgan fingerprint density at radius 1 is 1.23 bits per heavy atom. The van der Waals surface area contributed by atoms with Crippen molar-refractivity contribution in [1.82, 2.24) is 19.7 Å². The first-order valence-electron chi connectivity index (χ1n) is 10.4. The van der Waals surface area contributed by atoms with E-state index in [1.807, 2.05) is 31.3 Å². The number of benzene rings is 1. The zero-order valence-electron chi connectivity index (χ0n) is 17.4. The lowest BCUT2D eigenvalue weighted by atomic mass is 10.2. The smallest absolute Gasteiger partial charge is 0.343 e. The fourth-order valence-corrected chi connectivity index (χ4v) is 3.88. The third-order valence-electron chi connectivity index (χ3n) is 5.35. The summed E-state index contributed by atoms with van der Waals surface area (Å²) in [6.45, 7) is 3.94. The largest absolute Gasteiger partial charge is 0.462 e. The average molecular weight is 421 g/mol. The molecule has 3 heterocycles. The molecule has 5 rings (SSSR count). The highest BCUT2D eigenvalue weighted by molar-refractivity contribution is 5.95. The molecule has 1 saturated carbocycles. The van der Waals surface area contributed by atoms with Gasteiger partial charge in [-0.15, -0.1) is 0 Å². The molecule has 3 aromatic rings. The van der Waals surface area contributed by atoms with Crippen LogP contribution in [0.4, 0.5) is 11.5 Å². The second-order valence-corrected chi connectivity index (χ2v) is 7.72. The molecule has 1 fully saturated rings. The van der Waals surface area contributed by atoms with Gasteiger partial charge in [0.15, 0.2) is 17.3 Å². The maximum atomic E-state index is 12.5. The van der Waals surface area contributed by atoms with E-state index in [1.165, 1.54) is 6.20 Å². The van der Waals surface area contributed by atoms with E-state index in [0.29, 0.717) is 23.2 Å². The molecule has 0 saturated heterocycles. The SMILES string of the molecule is CCOC(=O)c1cnc(-n2cc(C)cn2)nc1Nc1ccc2c(c1)OC1(CCCC1)O2. The lowest BCUT2D eigenvalue weighted by Crippen LogP contribution is -2.34. The van der Waals surface area contributed by atoms with Gasteiger partial charge in [0.25, 0.3) is 11.7 Å². The number of nitrogens with one attached hydrogen (secondary N) is 1. The van der Waals surface area contributed by atoms with Gasteiger partial charge in [0.2, 0.25) is 0 Å². The molecule has 1 N–H and O–H groups in total. The van der Waals surface area contributed by atoms with Crippen molar-refractivity contribution in [2.45, 2.75) is 45.3 Å². The molecular formula is C22H23N5O4. The first-order valence-corrected chi connectivity index (χ1v) is 10.4. The van der Waals surface area contributed by atoms with E-state index in [4.69, 9.17) is 14.2 Å². The summed E-state index contributed by atoms with van der Waals surface area (Å²) in [6, 6.07) is 5.59. The number of aromatic nitrogens is 4. The Bertz CT molecular complexity index is 1140. The van der Waals surface area contributed by atoms with E-state index in [9.17, 15) is 4.79 Å². The molecule has 0 radical (unpaired) electrons. The Morgan fingerprint density at radius 2 is 2.03 bits per heavy atom. The van der Waals surface area contributed by atoms with Gasteiger partial charge in [0.1, 0.15) is 5.56 Å².